The van der Waals surface area contributed by atoms with Gasteiger partial charge in [-0.05, 0) is 94.8 Å². The van der Waals surface area contributed by atoms with Gasteiger partial charge in [0.2, 0.25) is 17.8 Å². The molecule has 0 unspecified atom stereocenters. The van der Waals surface area contributed by atoms with Crippen LogP contribution in [-0.4, -0.2) is 89.5 Å². The molecule has 2 saturated heterocycles. The Labute approximate surface area is 344 Å². The molecule has 58 heavy (non-hydrogen) atoms. The summed E-state index contributed by atoms with van der Waals surface area (Å²) in [6.07, 6.45) is 3.40. The minimum Gasteiger partial charge on any atom is -0.478 e. The fourth-order valence-electron chi connectivity index (χ4n) is 6.35. The van der Waals surface area contributed by atoms with Crippen LogP contribution in [0.3, 0.4) is 0 Å². The van der Waals surface area contributed by atoms with Crippen molar-refractivity contribution in [3.8, 4) is 22.5 Å². The van der Waals surface area contributed by atoms with Crippen molar-refractivity contribution in [2.75, 3.05) is 78.4 Å². The number of rotatable bonds is 10. The third-order valence-corrected chi connectivity index (χ3v) is 9.93. The van der Waals surface area contributed by atoms with Crippen LogP contribution >= 0.6 is 15.9 Å². The van der Waals surface area contributed by atoms with Crippen molar-refractivity contribution in [1.29, 1.82) is 0 Å². The summed E-state index contributed by atoms with van der Waals surface area (Å²) in [7, 11) is 0. The SMILES string of the molecule is CC(=O)Nc1ccc(-c2ccnc(Nc3ccc(N4CCOCC4)c(Br)c3)n2)cc1.O=C(O)c1ccc(-c2ccnc(Nc3ccc(N4CCOCC4)cc3)n2)cc1. The molecule has 2 fully saturated rings. The lowest BCUT2D eigenvalue weighted by Gasteiger charge is -2.29. The van der Waals surface area contributed by atoms with Gasteiger partial charge in [0, 0.05) is 83.8 Å². The fraction of sp³-hybridized carbons (Fsp3) is 0.209. The number of carbonyl (C=O) groups is 2. The quantitative estimate of drug-likeness (QED) is 0.105. The molecule has 15 heteroatoms. The first-order valence-corrected chi connectivity index (χ1v) is 19.5. The highest BCUT2D eigenvalue weighted by atomic mass is 79.9. The molecule has 0 saturated carbocycles. The van der Waals surface area contributed by atoms with E-state index in [-0.39, 0.29) is 11.5 Å². The van der Waals surface area contributed by atoms with Crippen molar-refractivity contribution >= 4 is 68.1 Å². The second kappa shape index (κ2) is 19.1. The molecule has 4 heterocycles. The van der Waals surface area contributed by atoms with Crippen LogP contribution in [0.4, 0.5) is 40.3 Å². The van der Waals surface area contributed by atoms with Gasteiger partial charge in [-0.3, -0.25) is 4.79 Å². The molecule has 0 aliphatic carbocycles. The third kappa shape index (κ3) is 10.7. The van der Waals surface area contributed by atoms with Crippen molar-refractivity contribution in [3.63, 3.8) is 0 Å². The molecular weight excluding hydrogens is 802 g/mol. The number of carboxylic acid groups (broad SMARTS) is 1. The number of anilines is 7. The molecule has 6 aromatic rings. The van der Waals surface area contributed by atoms with Gasteiger partial charge in [0.1, 0.15) is 0 Å². The largest absolute Gasteiger partial charge is 0.478 e. The van der Waals surface area contributed by atoms with Gasteiger partial charge < -0.3 is 40.3 Å². The number of ether oxygens (including phenoxy) is 2. The molecule has 0 spiro atoms. The van der Waals surface area contributed by atoms with Crippen LogP contribution in [0.25, 0.3) is 22.5 Å². The number of halogens is 1. The van der Waals surface area contributed by atoms with Gasteiger partial charge in [-0.15, -0.1) is 0 Å². The molecular formula is C43H42BrN9O5. The van der Waals surface area contributed by atoms with Crippen LogP contribution in [0.5, 0.6) is 0 Å². The zero-order chi connectivity index (χ0) is 40.3. The molecule has 0 bridgehead atoms. The molecule has 1 amide bonds. The maximum absolute atomic E-state index is 11.2. The van der Waals surface area contributed by atoms with E-state index >= 15 is 0 Å². The molecule has 2 aliphatic rings. The Balaban J connectivity index is 0.000000177. The summed E-state index contributed by atoms with van der Waals surface area (Å²) in [5.41, 5.74) is 8.41. The van der Waals surface area contributed by atoms with Crippen LogP contribution in [0.15, 0.2) is 120 Å². The zero-order valence-corrected chi connectivity index (χ0v) is 33.4. The standard InChI is InChI=1S/C22H22BrN5O2.C21H20N4O3/c1-15(29)25-17-4-2-16(3-5-17)20-8-9-24-22(27-20)26-18-6-7-21(19(23)14-18)28-10-12-30-13-11-28;26-20(27)16-3-1-15(2-4-16)19-9-10-22-21(24-19)23-17-5-7-18(8-6-17)25-11-13-28-14-12-25/h2-9,14H,10-13H2,1H3,(H,25,29)(H,24,26,27);1-10H,11-14H2,(H,26,27)(H,22,23,24). The van der Waals surface area contributed by atoms with E-state index in [2.05, 4.69) is 79.8 Å². The number of hydrogen-bond acceptors (Lipinski definition) is 12. The Morgan fingerprint density at radius 1 is 0.638 bits per heavy atom. The van der Waals surface area contributed by atoms with Crippen LogP contribution in [0.2, 0.25) is 0 Å². The van der Waals surface area contributed by atoms with E-state index in [1.54, 1.807) is 42.7 Å². The van der Waals surface area contributed by atoms with Gasteiger partial charge in [0.15, 0.2) is 0 Å². The predicted molar refractivity (Wildman–Crippen MR) is 229 cm³/mol. The lowest BCUT2D eigenvalue weighted by molar-refractivity contribution is -0.114. The minimum atomic E-state index is -0.947. The third-order valence-electron chi connectivity index (χ3n) is 9.30. The summed E-state index contributed by atoms with van der Waals surface area (Å²) in [5, 5.41) is 18.3. The van der Waals surface area contributed by atoms with E-state index in [4.69, 9.17) is 14.6 Å². The van der Waals surface area contributed by atoms with E-state index in [0.717, 1.165) is 102 Å². The van der Waals surface area contributed by atoms with Gasteiger partial charge in [-0.1, -0.05) is 24.3 Å². The highest BCUT2D eigenvalue weighted by molar-refractivity contribution is 9.10. The summed E-state index contributed by atoms with van der Waals surface area (Å²) in [5.74, 6) is -0.0393. The number of carboxylic acids is 1. The van der Waals surface area contributed by atoms with Crippen molar-refractivity contribution < 1.29 is 24.2 Å². The van der Waals surface area contributed by atoms with E-state index < -0.39 is 5.97 Å². The Kier molecular flexibility index (Phi) is 13.1. The van der Waals surface area contributed by atoms with E-state index in [1.807, 2.05) is 54.6 Å². The number of morpholine rings is 2. The maximum Gasteiger partial charge on any atom is 0.335 e. The molecule has 2 aliphatic heterocycles. The minimum absolute atomic E-state index is 0.0953. The number of carbonyl (C=O) groups excluding carboxylic acids is 1. The van der Waals surface area contributed by atoms with Crippen LogP contribution in [-0.2, 0) is 14.3 Å². The Morgan fingerprint density at radius 2 is 1.14 bits per heavy atom. The molecule has 296 valence electrons. The summed E-state index contributed by atoms with van der Waals surface area (Å²) in [4.78, 5) is 44.5. The highest BCUT2D eigenvalue weighted by Gasteiger charge is 2.15. The molecule has 8 rings (SSSR count). The highest BCUT2D eigenvalue weighted by Crippen LogP contribution is 2.31. The average molecular weight is 845 g/mol. The Bertz CT molecular complexity index is 2320. The fourth-order valence-corrected chi connectivity index (χ4v) is 6.98. The van der Waals surface area contributed by atoms with Gasteiger partial charge in [-0.2, -0.15) is 0 Å². The lowest BCUT2D eigenvalue weighted by atomic mass is 10.1. The number of amides is 1. The monoisotopic (exact) mass is 843 g/mol. The summed E-state index contributed by atoms with van der Waals surface area (Å²) in [6.45, 7) is 8.08. The summed E-state index contributed by atoms with van der Waals surface area (Å²) in [6, 6.07) is 32.1. The predicted octanol–water partition coefficient (Wildman–Crippen LogP) is 7.87. The smallest absolute Gasteiger partial charge is 0.335 e. The van der Waals surface area contributed by atoms with Gasteiger partial charge in [-0.25, -0.2) is 24.7 Å². The molecule has 14 nitrogen and oxygen atoms in total. The van der Waals surface area contributed by atoms with E-state index in [1.165, 1.54) is 12.6 Å². The second-order valence-electron chi connectivity index (χ2n) is 13.3. The van der Waals surface area contributed by atoms with Crippen molar-refractivity contribution in [2.45, 2.75) is 6.92 Å². The van der Waals surface area contributed by atoms with Crippen molar-refractivity contribution in [2.24, 2.45) is 0 Å². The normalized spacial score (nSPS) is 13.8. The number of hydrogen-bond donors (Lipinski definition) is 4. The number of aromatic nitrogens is 4. The van der Waals surface area contributed by atoms with Crippen LogP contribution in [0, 0.1) is 0 Å². The van der Waals surface area contributed by atoms with E-state index in [0.29, 0.717) is 11.9 Å². The molecule has 2 aromatic heterocycles. The first kappa shape index (κ1) is 39.8. The first-order chi connectivity index (χ1) is 28.3. The van der Waals surface area contributed by atoms with Gasteiger partial charge in [0.05, 0.1) is 49.1 Å². The Hall–Kier alpha value is -6.42. The second-order valence-corrected chi connectivity index (χ2v) is 14.2. The van der Waals surface area contributed by atoms with E-state index in [9.17, 15) is 9.59 Å². The van der Waals surface area contributed by atoms with Crippen LogP contribution in [0.1, 0.15) is 17.3 Å². The van der Waals surface area contributed by atoms with Crippen molar-refractivity contribution in [1.82, 2.24) is 19.9 Å². The van der Waals surface area contributed by atoms with Gasteiger partial charge >= 0.3 is 5.97 Å². The number of benzene rings is 4. The summed E-state index contributed by atoms with van der Waals surface area (Å²) >= 11 is 3.68. The number of nitrogens with one attached hydrogen (secondary N) is 3. The van der Waals surface area contributed by atoms with Crippen molar-refractivity contribution in [3.05, 3.63) is 126 Å². The molecule has 0 radical (unpaired) electrons. The number of aromatic carboxylic acids is 1. The first-order valence-electron chi connectivity index (χ1n) is 18.7. The van der Waals surface area contributed by atoms with Crippen LogP contribution < -0.4 is 25.8 Å². The maximum atomic E-state index is 11.2. The average Bonchev–Trinajstić information content (AvgIpc) is 3.25. The molecule has 0 atom stereocenters. The molecule has 4 aromatic carbocycles. The Morgan fingerprint density at radius 3 is 1.67 bits per heavy atom. The van der Waals surface area contributed by atoms with Gasteiger partial charge in [0.25, 0.3) is 0 Å². The topological polar surface area (TPSA) is 167 Å². The number of nitrogens with zero attached hydrogens (tertiary/aromatic N) is 6. The zero-order valence-electron chi connectivity index (χ0n) is 31.8. The molecule has 4 N–H and O–H groups in total. The summed E-state index contributed by atoms with van der Waals surface area (Å²) < 4.78 is 11.8. The lowest BCUT2D eigenvalue weighted by Crippen LogP contribution is -2.36.